The molecule has 0 atom stereocenters. The smallest absolute Gasteiger partial charge is 0.325 e. The number of imide groups is 1. The summed E-state index contributed by atoms with van der Waals surface area (Å²) in [5.41, 5.74) is -2.19. The van der Waals surface area contributed by atoms with E-state index in [0.717, 1.165) is 30.2 Å². The van der Waals surface area contributed by atoms with Crippen LogP contribution in [0.2, 0.25) is 5.02 Å². The van der Waals surface area contributed by atoms with Crippen molar-refractivity contribution in [1.29, 1.82) is 0 Å². The molecule has 10 heteroatoms. The maximum absolute atomic E-state index is 12.9. The normalized spacial score (nSPS) is 24.7. The third-order valence-electron chi connectivity index (χ3n) is 5.64. The fraction of sp³-hybridized carbons (Fsp3) is 0.526. The average molecular weight is 432 g/mol. The lowest BCUT2D eigenvalue weighted by Gasteiger charge is -2.34. The lowest BCUT2D eigenvalue weighted by Crippen LogP contribution is -2.49. The first-order valence-electron chi connectivity index (χ1n) is 9.36. The first-order valence-corrected chi connectivity index (χ1v) is 9.74. The fourth-order valence-electron chi connectivity index (χ4n) is 3.90. The second-order valence-corrected chi connectivity index (χ2v) is 7.90. The van der Waals surface area contributed by atoms with Crippen molar-refractivity contribution in [3.8, 4) is 0 Å². The Kier molecular flexibility index (Phi) is 5.80. The van der Waals surface area contributed by atoms with Crippen LogP contribution in [0.1, 0.15) is 44.6 Å². The van der Waals surface area contributed by atoms with Crippen LogP contribution in [0.4, 0.5) is 23.7 Å². The molecule has 1 saturated carbocycles. The monoisotopic (exact) mass is 431 g/mol. The topological polar surface area (TPSA) is 78.5 Å². The van der Waals surface area contributed by atoms with Gasteiger partial charge in [0.1, 0.15) is 12.1 Å². The number of carbonyl (C=O) groups is 3. The van der Waals surface area contributed by atoms with E-state index in [4.69, 9.17) is 11.6 Å². The summed E-state index contributed by atoms with van der Waals surface area (Å²) in [5, 5.41) is 4.50. The van der Waals surface area contributed by atoms with Gasteiger partial charge < -0.3 is 10.6 Å². The number of nitrogens with zero attached hydrogens (tertiary/aromatic N) is 1. The van der Waals surface area contributed by atoms with Gasteiger partial charge in [-0.25, -0.2) is 4.79 Å². The van der Waals surface area contributed by atoms with E-state index in [9.17, 15) is 27.6 Å². The van der Waals surface area contributed by atoms with Crippen molar-refractivity contribution in [2.75, 3.05) is 11.9 Å². The highest BCUT2D eigenvalue weighted by atomic mass is 35.5. The van der Waals surface area contributed by atoms with Crippen molar-refractivity contribution in [3.05, 3.63) is 28.8 Å². The molecule has 158 valence electrons. The first kappa shape index (κ1) is 21.4. The predicted octanol–water partition coefficient (Wildman–Crippen LogP) is 4.19. The van der Waals surface area contributed by atoms with Crippen molar-refractivity contribution in [2.45, 2.75) is 50.7 Å². The molecule has 29 heavy (non-hydrogen) atoms. The molecule has 1 aliphatic carbocycles. The van der Waals surface area contributed by atoms with E-state index in [1.807, 2.05) is 0 Å². The molecule has 2 N–H and O–H groups in total. The van der Waals surface area contributed by atoms with E-state index in [1.54, 1.807) is 0 Å². The summed E-state index contributed by atoms with van der Waals surface area (Å²) in [6.45, 7) is 1.50. The number of rotatable bonds is 4. The van der Waals surface area contributed by atoms with Gasteiger partial charge in [-0.05, 0) is 49.8 Å². The van der Waals surface area contributed by atoms with Gasteiger partial charge in [0.25, 0.3) is 5.91 Å². The molecule has 2 fully saturated rings. The summed E-state index contributed by atoms with van der Waals surface area (Å²) in [5.74, 6) is -0.724. The van der Waals surface area contributed by atoms with Crippen LogP contribution < -0.4 is 10.6 Å². The van der Waals surface area contributed by atoms with E-state index < -0.39 is 46.7 Å². The molecule has 1 aromatic rings. The van der Waals surface area contributed by atoms with E-state index >= 15 is 0 Å². The maximum Gasteiger partial charge on any atom is 0.417 e. The molecule has 0 radical (unpaired) electrons. The number of carbonyl (C=O) groups excluding carboxylic acids is 3. The molecule has 2 aliphatic rings. The van der Waals surface area contributed by atoms with E-state index in [-0.39, 0.29) is 5.69 Å². The summed E-state index contributed by atoms with van der Waals surface area (Å²) in [4.78, 5) is 38.2. The SMILES string of the molecule is CCC1CCC2(CC1)NC(=O)N(CC(=O)Nc1ccc(Cl)c(C(F)(F)F)c1)C2=O. The minimum Gasteiger partial charge on any atom is -0.325 e. The molecule has 1 heterocycles. The Morgan fingerprint density at radius 3 is 2.55 bits per heavy atom. The number of halogens is 4. The number of amides is 4. The zero-order chi connectivity index (χ0) is 21.4. The molecular weight excluding hydrogens is 411 g/mol. The van der Waals surface area contributed by atoms with Gasteiger partial charge >= 0.3 is 12.2 Å². The predicted molar refractivity (Wildman–Crippen MR) is 100 cm³/mol. The molecule has 1 aromatic carbocycles. The maximum atomic E-state index is 12.9. The van der Waals surface area contributed by atoms with Crippen LogP contribution in [0.5, 0.6) is 0 Å². The minimum atomic E-state index is -4.67. The minimum absolute atomic E-state index is 0.128. The van der Waals surface area contributed by atoms with Crippen LogP contribution in [0.25, 0.3) is 0 Å². The Balaban J connectivity index is 1.67. The second-order valence-electron chi connectivity index (χ2n) is 7.50. The molecule has 1 saturated heterocycles. The van der Waals surface area contributed by atoms with Gasteiger partial charge in [-0.2, -0.15) is 13.2 Å². The molecule has 0 aromatic heterocycles. The quantitative estimate of drug-likeness (QED) is 0.702. The lowest BCUT2D eigenvalue weighted by molar-refractivity contribution is -0.137. The second kappa shape index (κ2) is 7.85. The lowest BCUT2D eigenvalue weighted by atomic mass is 9.75. The molecule has 1 spiro atoms. The average Bonchev–Trinajstić information content (AvgIpc) is 2.87. The summed E-state index contributed by atoms with van der Waals surface area (Å²) < 4.78 is 38.8. The third-order valence-corrected chi connectivity index (χ3v) is 5.97. The number of hydrogen-bond acceptors (Lipinski definition) is 3. The summed E-state index contributed by atoms with van der Waals surface area (Å²) in [6, 6.07) is 2.29. The molecular formula is C19H21ClF3N3O3. The number of benzene rings is 1. The highest BCUT2D eigenvalue weighted by molar-refractivity contribution is 6.31. The summed E-state index contributed by atoms with van der Waals surface area (Å²) >= 11 is 5.56. The van der Waals surface area contributed by atoms with Crippen molar-refractivity contribution in [2.24, 2.45) is 5.92 Å². The van der Waals surface area contributed by atoms with Gasteiger partial charge in [-0.15, -0.1) is 0 Å². The Morgan fingerprint density at radius 2 is 1.97 bits per heavy atom. The van der Waals surface area contributed by atoms with Gasteiger partial charge in [-0.1, -0.05) is 24.9 Å². The number of anilines is 1. The van der Waals surface area contributed by atoms with Gasteiger partial charge in [0.05, 0.1) is 10.6 Å². The zero-order valence-corrected chi connectivity index (χ0v) is 16.5. The van der Waals surface area contributed by atoms with Gasteiger partial charge in [-0.3, -0.25) is 14.5 Å². The molecule has 1 aliphatic heterocycles. The third kappa shape index (κ3) is 4.34. The Bertz CT molecular complexity index is 836. The Hall–Kier alpha value is -2.29. The van der Waals surface area contributed by atoms with Gasteiger partial charge in [0.2, 0.25) is 5.91 Å². The number of alkyl halides is 3. The van der Waals surface area contributed by atoms with E-state index in [1.165, 1.54) is 6.07 Å². The standard InChI is InChI=1S/C19H21ClF3N3O3/c1-2-11-5-7-18(8-6-11)16(28)26(17(29)25-18)10-15(27)24-12-3-4-14(20)13(9-12)19(21,22)23/h3-4,9,11H,2,5-8,10H2,1H3,(H,24,27)(H,25,29). The van der Waals surface area contributed by atoms with Crippen LogP contribution in [-0.4, -0.2) is 34.8 Å². The van der Waals surface area contributed by atoms with Crippen LogP contribution >= 0.6 is 11.6 Å². The molecule has 3 rings (SSSR count). The summed E-state index contributed by atoms with van der Waals surface area (Å²) in [6.07, 6.45) is -1.01. The van der Waals surface area contributed by atoms with Crippen LogP contribution in [0.15, 0.2) is 18.2 Å². The number of urea groups is 1. The Labute approximate surface area is 170 Å². The highest BCUT2D eigenvalue weighted by Gasteiger charge is 2.52. The van der Waals surface area contributed by atoms with Crippen LogP contribution in [0, 0.1) is 5.92 Å². The molecule has 4 amide bonds. The van der Waals surface area contributed by atoms with Gasteiger partial charge in [0.15, 0.2) is 0 Å². The van der Waals surface area contributed by atoms with Crippen molar-refractivity contribution >= 4 is 35.1 Å². The van der Waals surface area contributed by atoms with Crippen molar-refractivity contribution < 1.29 is 27.6 Å². The van der Waals surface area contributed by atoms with E-state index in [0.29, 0.717) is 24.8 Å². The number of nitrogens with one attached hydrogen (secondary N) is 2. The largest absolute Gasteiger partial charge is 0.417 e. The molecule has 0 bridgehead atoms. The van der Waals surface area contributed by atoms with Crippen molar-refractivity contribution in [1.82, 2.24) is 10.2 Å². The summed E-state index contributed by atoms with van der Waals surface area (Å²) in [7, 11) is 0. The zero-order valence-electron chi connectivity index (χ0n) is 15.7. The highest BCUT2D eigenvalue weighted by Crippen LogP contribution is 2.38. The first-order chi connectivity index (χ1) is 13.6. The van der Waals surface area contributed by atoms with Crippen molar-refractivity contribution in [3.63, 3.8) is 0 Å². The van der Waals surface area contributed by atoms with E-state index in [2.05, 4.69) is 17.6 Å². The molecule has 0 unspecified atom stereocenters. The van der Waals surface area contributed by atoms with Crippen LogP contribution in [0.3, 0.4) is 0 Å². The Morgan fingerprint density at radius 1 is 1.31 bits per heavy atom. The van der Waals surface area contributed by atoms with Crippen LogP contribution in [-0.2, 0) is 15.8 Å². The fourth-order valence-corrected chi connectivity index (χ4v) is 4.13. The van der Waals surface area contributed by atoms with Gasteiger partial charge in [0, 0.05) is 5.69 Å². The molecule has 6 nitrogen and oxygen atoms in total. The number of hydrogen-bond donors (Lipinski definition) is 2.